The molecule has 1 aliphatic heterocycles. The third-order valence-electron chi connectivity index (χ3n) is 4.63. The Bertz CT molecular complexity index is 359. The molecule has 1 saturated carbocycles. The van der Waals surface area contributed by atoms with Gasteiger partial charge in [0.25, 0.3) is 0 Å². The molecular formula is C14H24N2O3. The fraction of sp³-hybridized carbons (Fsp3) is 0.857. The van der Waals surface area contributed by atoms with E-state index in [1.807, 2.05) is 11.9 Å². The number of hydrogen-bond acceptors (Lipinski definition) is 3. The highest BCUT2D eigenvalue weighted by molar-refractivity contribution is 5.81. The van der Waals surface area contributed by atoms with Crippen LogP contribution in [0.15, 0.2) is 0 Å². The predicted octanol–water partition coefficient (Wildman–Crippen LogP) is 1.04. The third-order valence-corrected chi connectivity index (χ3v) is 4.63. The number of likely N-dealkylation sites (N-methyl/N-ethyl adjacent to an activating group) is 2. The average molecular weight is 268 g/mol. The SMILES string of the molecule is CN1CCCC(N(C)C(=O)C2CCC(C(=O)O)C2)C1. The molecular weight excluding hydrogens is 244 g/mol. The van der Waals surface area contributed by atoms with E-state index in [1.54, 1.807) is 0 Å². The summed E-state index contributed by atoms with van der Waals surface area (Å²) >= 11 is 0. The topological polar surface area (TPSA) is 60.9 Å². The van der Waals surface area contributed by atoms with E-state index in [0.29, 0.717) is 12.8 Å². The van der Waals surface area contributed by atoms with Gasteiger partial charge in [-0.1, -0.05) is 0 Å². The largest absolute Gasteiger partial charge is 0.481 e. The standard InChI is InChI=1S/C14H24N2O3/c1-15-7-3-4-12(9-15)16(2)13(17)10-5-6-11(8-10)14(18)19/h10-12H,3-9H2,1-2H3,(H,18,19). The van der Waals surface area contributed by atoms with Crippen LogP contribution in [0, 0.1) is 11.8 Å². The van der Waals surface area contributed by atoms with Crippen molar-refractivity contribution in [2.75, 3.05) is 27.2 Å². The van der Waals surface area contributed by atoms with E-state index in [9.17, 15) is 9.59 Å². The number of amides is 1. The van der Waals surface area contributed by atoms with E-state index in [4.69, 9.17) is 5.11 Å². The number of carbonyl (C=O) groups is 2. The normalized spacial score (nSPS) is 32.2. The number of hydrogen-bond donors (Lipinski definition) is 1. The molecule has 108 valence electrons. The fourth-order valence-electron chi connectivity index (χ4n) is 3.35. The van der Waals surface area contributed by atoms with Gasteiger partial charge in [-0.05, 0) is 45.7 Å². The average Bonchev–Trinajstić information content (AvgIpc) is 2.86. The molecule has 0 aromatic heterocycles. The van der Waals surface area contributed by atoms with E-state index in [1.165, 1.54) is 0 Å². The maximum absolute atomic E-state index is 12.4. The van der Waals surface area contributed by atoms with Crippen LogP contribution in [-0.4, -0.2) is 60.0 Å². The van der Waals surface area contributed by atoms with Crippen molar-refractivity contribution in [2.24, 2.45) is 11.8 Å². The molecule has 0 bridgehead atoms. The van der Waals surface area contributed by atoms with Crippen LogP contribution in [0.25, 0.3) is 0 Å². The van der Waals surface area contributed by atoms with E-state index in [-0.39, 0.29) is 23.8 Å². The van der Waals surface area contributed by atoms with Gasteiger partial charge in [0.2, 0.25) is 5.91 Å². The Kier molecular flexibility index (Phi) is 4.45. The first kappa shape index (κ1) is 14.3. The lowest BCUT2D eigenvalue weighted by molar-refractivity contribution is -0.142. The summed E-state index contributed by atoms with van der Waals surface area (Å²) in [5.41, 5.74) is 0. The molecule has 3 unspecified atom stereocenters. The molecule has 2 rings (SSSR count). The quantitative estimate of drug-likeness (QED) is 0.831. The van der Waals surface area contributed by atoms with Crippen LogP contribution in [0.1, 0.15) is 32.1 Å². The van der Waals surface area contributed by atoms with E-state index in [0.717, 1.165) is 32.4 Å². The van der Waals surface area contributed by atoms with Crippen molar-refractivity contribution >= 4 is 11.9 Å². The summed E-state index contributed by atoms with van der Waals surface area (Å²) in [6.07, 6.45) is 4.07. The minimum absolute atomic E-state index is 0.0849. The van der Waals surface area contributed by atoms with Gasteiger partial charge in [-0.3, -0.25) is 9.59 Å². The minimum Gasteiger partial charge on any atom is -0.481 e. The van der Waals surface area contributed by atoms with Crippen LogP contribution < -0.4 is 0 Å². The molecule has 0 spiro atoms. The number of aliphatic carboxylic acids is 1. The molecule has 2 aliphatic rings. The monoisotopic (exact) mass is 268 g/mol. The van der Waals surface area contributed by atoms with Gasteiger partial charge in [0.05, 0.1) is 5.92 Å². The number of rotatable bonds is 3. The highest BCUT2D eigenvalue weighted by atomic mass is 16.4. The number of carboxylic acids is 1. The zero-order valence-electron chi connectivity index (χ0n) is 11.8. The second-order valence-electron chi connectivity index (χ2n) is 6.05. The summed E-state index contributed by atoms with van der Waals surface area (Å²) in [5, 5.41) is 9.00. The van der Waals surface area contributed by atoms with Crippen LogP contribution in [0.5, 0.6) is 0 Å². The van der Waals surface area contributed by atoms with Gasteiger partial charge in [0, 0.05) is 25.6 Å². The van der Waals surface area contributed by atoms with Crippen LogP contribution in [0.2, 0.25) is 0 Å². The Hall–Kier alpha value is -1.10. The number of likely N-dealkylation sites (tertiary alicyclic amines) is 1. The minimum atomic E-state index is -0.754. The molecule has 1 aliphatic carbocycles. The Morgan fingerprint density at radius 2 is 1.89 bits per heavy atom. The number of piperidine rings is 1. The number of carboxylic acid groups (broad SMARTS) is 1. The summed E-state index contributed by atoms with van der Waals surface area (Å²) in [5.74, 6) is -1.02. The summed E-state index contributed by atoms with van der Waals surface area (Å²) in [7, 11) is 3.96. The molecule has 3 atom stereocenters. The zero-order valence-corrected chi connectivity index (χ0v) is 11.8. The fourth-order valence-corrected chi connectivity index (χ4v) is 3.35. The van der Waals surface area contributed by atoms with Crippen LogP contribution in [-0.2, 0) is 9.59 Å². The molecule has 19 heavy (non-hydrogen) atoms. The Balaban J connectivity index is 1.90. The first-order valence-corrected chi connectivity index (χ1v) is 7.17. The molecule has 5 nitrogen and oxygen atoms in total. The van der Waals surface area contributed by atoms with Crippen molar-refractivity contribution in [2.45, 2.75) is 38.1 Å². The van der Waals surface area contributed by atoms with Crippen LogP contribution in [0.4, 0.5) is 0 Å². The van der Waals surface area contributed by atoms with Crippen molar-refractivity contribution in [3.8, 4) is 0 Å². The molecule has 1 N–H and O–H groups in total. The Labute approximate surface area is 114 Å². The van der Waals surface area contributed by atoms with E-state index in [2.05, 4.69) is 11.9 Å². The molecule has 1 heterocycles. The highest BCUT2D eigenvalue weighted by Gasteiger charge is 2.37. The lowest BCUT2D eigenvalue weighted by atomic mass is 10.00. The maximum atomic E-state index is 12.4. The summed E-state index contributed by atoms with van der Waals surface area (Å²) in [4.78, 5) is 27.5. The molecule has 5 heteroatoms. The first-order valence-electron chi connectivity index (χ1n) is 7.17. The van der Waals surface area contributed by atoms with Gasteiger partial charge in [-0.25, -0.2) is 0 Å². The molecule has 0 aromatic carbocycles. The van der Waals surface area contributed by atoms with Gasteiger partial charge in [0.1, 0.15) is 0 Å². The van der Waals surface area contributed by atoms with Crippen LogP contribution >= 0.6 is 0 Å². The van der Waals surface area contributed by atoms with Gasteiger partial charge >= 0.3 is 5.97 Å². The summed E-state index contributed by atoms with van der Waals surface area (Å²) in [6.45, 7) is 2.03. The van der Waals surface area contributed by atoms with Crippen molar-refractivity contribution in [3.63, 3.8) is 0 Å². The lowest BCUT2D eigenvalue weighted by Crippen LogP contribution is -2.48. The second-order valence-corrected chi connectivity index (χ2v) is 6.05. The van der Waals surface area contributed by atoms with Crippen molar-refractivity contribution < 1.29 is 14.7 Å². The third kappa shape index (κ3) is 3.26. The van der Waals surface area contributed by atoms with Crippen LogP contribution in [0.3, 0.4) is 0 Å². The summed E-state index contributed by atoms with van der Waals surface area (Å²) < 4.78 is 0. The maximum Gasteiger partial charge on any atom is 0.306 e. The van der Waals surface area contributed by atoms with Gasteiger partial charge in [-0.15, -0.1) is 0 Å². The van der Waals surface area contributed by atoms with Crippen molar-refractivity contribution in [3.05, 3.63) is 0 Å². The molecule has 2 fully saturated rings. The Morgan fingerprint density at radius 1 is 1.21 bits per heavy atom. The molecule has 1 amide bonds. The van der Waals surface area contributed by atoms with Crippen molar-refractivity contribution in [1.29, 1.82) is 0 Å². The molecule has 0 radical (unpaired) electrons. The lowest BCUT2D eigenvalue weighted by Gasteiger charge is -2.37. The summed E-state index contributed by atoms with van der Waals surface area (Å²) in [6, 6.07) is 0.287. The molecule has 1 saturated heterocycles. The van der Waals surface area contributed by atoms with Crippen molar-refractivity contribution in [1.82, 2.24) is 9.80 Å². The predicted molar refractivity (Wildman–Crippen MR) is 71.8 cm³/mol. The number of carbonyl (C=O) groups excluding carboxylic acids is 1. The first-order chi connectivity index (χ1) is 8.99. The van der Waals surface area contributed by atoms with E-state index < -0.39 is 5.97 Å². The van der Waals surface area contributed by atoms with E-state index >= 15 is 0 Å². The zero-order chi connectivity index (χ0) is 14.0. The van der Waals surface area contributed by atoms with Gasteiger partial charge in [-0.2, -0.15) is 0 Å². The smallest absolute Gasteiger partial charge is 0.306 e. The highest BCUT2D eigenvalue weighted by Crippen LogP contribution is 2.33. The van der Waals surface area contributed by atoms with Gasteiger partial charge in [0.15, 0.2) is 0 Å². The molecule has 0 aromatic rings. The second kappa shape index (κ2) is 5.90. The number of nitrogens with zero attached hydrogens (tertiary/aromatic N) is 2. The van der Waals surface area contributed by atoms with Gasteiger partial charge < -0.3 is 14.9 Å². The Morgan fingerprint density at radius 3 is 2.47 bits per heavy atom.